The van der Waals surface area contributed by atoms with Gasteiger partial charge < -0.3 is 0 Å². The first kappa shape index (κ1) is 16.2. The molecule has 25 heavy (non-hydrogen) atoms. The van der Waals surface area contributed by atoms with Gasteiger partial charge in [-0.2, -0.15) is 4.31 Å². The minimum Gasteiger partial charge on any atom is -0.285 e. The Morgan fingerprint density at radius 2 is 1.92 bits per heavy atom. The molecule has 0 radical (unpaired) electrons. The fourth-order valence-corrected chi connectivity index (χ4v) is 5.07. The van der Waals surface area contributed by atoms with E-state index in [1.54, 1.807) is 0 Å². The summed E-state index contributed by atoms with van der Waals surface area (Å²) in [6.07, 6.45) is 3.32. The fourth-order valence-electron chi connectivity index (χ4n) is 3.29. The summed E-state index contributed by atoms with van der Waals surface area (Å²) >= 11 is 0. The van der Waals surface area contributed by atoms with Crippen LogP contribution in [0.4, 0.5) is 4.39 Å². The van der Waals surface area contributed by atoms with E-state index < -0.39 is 10.0 Å². The lowest BCUT2D eigenvalue weighted by molar-refractivity contribution is 0.381. The summed E-state index contributed by atoms with van der Waals surface area (Å²) in [7, 11) is -3.54. The van der Waals surface area contributed by atoms with E-state index in [4.69, 9.17) is 0 Å². The Bertz CT molecular complexity index is 1000. The summed E-state index contributed by atoms with van der Waals surface area (Å²) in [5.41, 5.74) is 1.26. The van der Waals surface area contributed by atoms with Crippen LogP contribution in [-0.2, 0) is 15.8 Å². The van der Waals surface area contributed by atoms with E-state index in [1.807, 2.05) is 28.8 Å². The number of halogens is 1. The van der Waals surface area contributed by atoms with E-state index in [-0.39, 0.29) is 17.6 Å². The number of pyridine rings is 1. The maximum absolute atomic E-state index is 13.0. The average Bonchev–Trinajstić information content (AvgIpc) is 3.23. The quantitative estimate of drug-likeness (QED) is 0.717. The van der Waals surface area contributed by atoms with Crippen molar-refractivity contribution in [3.63, 3.8) is 0 Å². The normalized spacial score (nSPS) is 18.8. The van der Waals surface area contributed by atoms with Gasteiger partial charge in [0.2, 0.25) is 10.0 Å². The smallest absolute Gasteiger partial charge is 0.218 e. The Morgan fingerprint density at radius 1 is 1.12 bits per heavy atom. The van der Waals surface area contributed by atoms with Crippen molar-refractivity contribution >= 4 is 15.7 Å². The van der Waals surface area contributed by atoms with Gasteiger partial charge in [0.25, 0.3) is 0 Å². The summed E-state index contributed by atoms with van der Waals surface area (Å²) in [4.78, 5) is 0. The van der Waals surface area contributed by atoms with Gasteiger partial charge >= 0.3 is 0 Å². The molecule has 0 bridgehead atoms. The van der Waals surface area contributed by atoms with Crippen molar-refractivity contribution in [2.24, 2.45) is 0 Å². The summed E-state index contributed by atoms with van der Waals surface area (Å²) in [5.74, 6) is 0.103. The molecule has 1 fully saturated rings. The van der Waals surface area contributed by atoms with Gasteiger partial charge in [0.1, 0.15) is 5.82 Å². The second-order valence-corrected chi connectivity index (χ2v) is 8.06. The number of aromatic nitrogens is 3. The molecule has 0 amide bonds. The Kier molecular flexibility index (Phi) is 4.01. The minimum atomic E-state index is -3.54. The average molecular weight is 360 g/mol. The van der Waals surface area contributed by atoms with Crippen LogP contribution < -0.4 is 0 Å². The molecule has 0 saturated carbocycles. The van der Waals surface area contributed by atoms with E-state index in [0.29, 0.717) is 30.0 Å². The van der Waals surface area contributed by atoms with E-state index in [1.165, 1.54) is 28.6 Å². The summed E-state index contributed by atoms with van der Waals surface area (Å²) in [6, 6.07) is 10.8. The highest BCUT2D eigenvalue weighted by Crippen LogP contribution is 2.34. The van der Waals surface area contributed by atoms with Crippen molar-refractivity contribution in [2.45, 2.75) is 24.6 Å². The Labute approximate surface area is 145 Å². The van der Waals surface area contributed by atoms with Gasteiger partial charge in [-0.3, -0.25) is 4.40 Å². The van der Waals surface area contributed by atoms with Crippen LogP contribution in [0.1, 0.15) is 30.3 Å². The number of rotatable bonds is 4. The van der Waals surface area contributed by atoms with Crippen LogP contribution in [0.3, 0.4) is 0 Å². The molecule has 130 valence electrons. The molecule has 1 aliphatic heterocycles. The maximum Gasteiger partial charge on any atom is 0.218 e. The van der Waals surface area contributed by atoms with E-state index >= 15 is 0 Å². The van der Waals surface area contributed by atoms with E-state index in [9.17, 15) is 12.8 Å². The zero-order valence-corrected chi connectivity index (χ0v) is 14.2. The highest BCUT2D eigenvalue weighted by atomic mass is 32.2. The van der Waals surface area contributed by atoms with Crippen molar-refractivity contribution in [2.75, 3.05) is 6.54 Å². The van der Waals surface area contributed by atoms with Crippen molar-refractivity contribution in [3.8, 4) is 0 Å². The minimum absolute atomic E-state index is 0.152. The second kappa shape index (κ2) is 6.20. The van der Waals surface area contributed by atoms with Crippen molar-refractivity contribution in [1.82, 2.24) is 18.9 Å². The molecule has 2 aromatic heterocycles. The molecule has 1 aromatic carbocycles. The van der Waals surface area contributed by atoms with Crippen LogP contribution in [0.5, 0.6) is 0 Å². The SMILES string of the molecule is O=S(=O)(Cc1ccc(F)cc1)N1CCCC1c1nnc2ccccn12. The van der Waals surface area contributed by atoms with Crippen LogP contribution in [0.2, 0.25) is 0 Å². The first-order valence-electron chi connectivity index (χ1n) is 8.08. The van der Waals surface area contributed by atoms with Crippen LogP contribution in [-0.4, -0.2) is 33.9 Å². The largest absolute Gasteiger partial charge is 0.285 e. The number of hydrogen-bond acceptors (Lipinski definition) is 4. The van der Waals surface area contributed by atoms with Crippen LogP contribution in [0.15, 0.2) is 48.7 Å². The molecule has 0 spiro atoms. The van der Waals surface area contributed by atoms with Gasteiger partial charge in [-0.25, -0.2) is 12.8 Å². The molecule has 6 nitrogen and oxygen atoms in total. The lowest BCUT2D eigenvalue weighted by atomic mass is 10.2. The molecule has 4 rings (SSSR count). The monoisotopic (exact) mass is 360 g/mol. The lowest BCUT2D eigenvalue weighted by Crippen LogP contribution is -2.32. The molecule has 0 aliphatic carbocycles. The first-order valence-corrected chi connectivity index (χ1v) is 9.69. The fraction of sp³-hybridized carbons (Fsp3) is 0.294. The molecule has 3 aromatic rings. The number of sulfonamides is 1. The van der Waals surface area contributed by atoms with Crippen LogP contribution in [0, 0.1) is 5.82 Å². The van der Waals surface area contributed by atoms with Gasteiger partial charge in [0, 0.05) is 12.7 Å². The molecular weight excluding hydrogens is 343 g/mol. The second-order valence-electron chi connectivity index (χ2n) is 6.14. The first-order chi connectivity index (χ1) is 12.0. The van der Waals surface area contributed by atoms with E-state index in [2.05, 4.69) is 10.2 Å². The molecule has 1 saturated heterocycles. The number of nitrogens with zero attached hydrogens (tertiary/aromatic N) is 4. The molecule has 8 heteroatoms. The highest BCUT2D eigenvalue weighted by Gasteiger charge is 2.37. The Morgan fingerprint density at radius 3 is 2.72 bits per heavy atom. The molecule has 1 aliphatic rings. The zero-order chi connectivity index (χ0) is 17.4. The topological polar surface area (TPSA) is 67.6 Å². The maximum atomic E-state index is 13.0. The zero-order valence-electron chi connectivity index (χ0n) is 13.4. The van der Waals surface area contributed by atoms with Gasteiger partial charge in [0.15, 0.2) is 11.5 Å². The third-order valence-electron chi connectivity index (χ3n) is 4.46. The third kappa shape index (κ3) is 3.03. The van der Waals surface area contributed by atoms with Crippen molar-refractivity contribution in [1.29, 1.82) is 0 Å². The van der Waals surface area contributed by atoms with Crippen LogP contribution >= 0.6 is 0 Å². The molecular formula is C17H17FN4O2S. The van der Waals surface area contributed by atoms with Gasteiger partial charge in [-0.15, -0.1) is 10.2 Å². The predicted molar refractivity (Wildman–Crippen MR) is 90.7 cm³/mol. The summed E-state index contributed by atoms with van der Waals surface area (Å²) < 4.78 is 42.2. The van der Waals surface area contributed by atoms with Gasteiger partial charge in [0.05, 0.1) is 11.8 Å². The van der Waals surface area contributed by atoms with Crippen molar-refractivity contribution < 1.29 is 12.8 Å². The van der Waals surface area contributed by atoms with Crippen molar-refractivity contribution in [3.05, 3.63) is 65.9 Å². The summed E-state index contributed by atoms with van der Waals surface area (Å²) in [6.45, 7) is 0.454. The van der Waals surface area contributed by atoms with Gasteiger partial charge in [-0.05, 0) is 42.7 Å². The standard InChI is InChI=1S/C17H17FN4O2S/c18-14-8-6-13(7-9-14)12-25(23,24)22-11-3-4-15(22)17-20-19-16-5-1-2-10-21(16)17/h1-2,5-10,15H,3-4,11-12H2. The van der Waals surface area contributed by atoms with E-state index in [0.717, 1.165) is 6.42 Å². The molecule has 3 heterocycles. The number of benzene rings is 1. The third-order valence-corrected chi connectivity index (χ3v) is 6.31. The lowest BCUT2D eigenvalue weighted by Gasteiger charge is -2.23. The molecule has 1 unspecified atom stereocenters. The van der Waals surface area contributed by atoms with Gasteiger partial charge in [-0.1, -0.05) is 18.2 Å². The number of hydrogen-bond donors (Lipinski definition) is 0. The summed E-state index contributed by atoms with van der Waals surface area (Å²) in [5, 5.41) is 8.34. The molecule has 0 N–H and O–H groups in total. The number of fused-ring (bicyclic) bond motifs is 1. The molecule has 1 atom stereocenters. The Hall–Kier alpha value is -2.32. The predicted octanol–water partition coefficient (Wildman–Crippen LogP) is 2.54. The Balaban J connectivity index is 1.65. The van der Waals surface area contributed by atoms with Crippen LogP contribution in [0.25, 0.3) is 5.65 Å². The highest BCUT2D eigenvalue weighted by molar-refractivity contribution is 7.88.